The third kappa shape index (κ3) is 4.40. The van der Waals surface area contributed by atoms with E-state index in [1.54, 1.807) is 30.3 Å². The molecular weight excluding hydrogens is 430 g/mol. The van der Waals surface area contributed by atoms with Gasteiger partial charge in [0.2, 0.25) is 0 Å². The van der Waals surface area contributed by atoms with Gasteiger partial charge in [-0.3, -0.25) is 14.9 Å². The minimum Gasteiger partial charge on any atom is -0.459 e. The molecule has 0 saturated carbocycles. The molecule has 3 heterocycles. The Morgan fingerprint density at radius 1 is 1.10 bits per heavy atom. The SMILES string of the molecule is Cc1cc(NC(=O)c2ccco2)sc1C(=O)Nc1nc(-c2ccc(Cl)cc2)cs1. The summed E-state index contributed by atoms with van der Waals surface area (Å²) >= 11 is 8.45. The Balaban J connectivity index is 1.45. The molecule has 6 nitrogen and oxygen atoms in total. The second-order valence-electron chi connectivity index (χ2n) is 6.05. The smallest absolute Gasteiger partial charge is 0.291 e. The average Bonchev–Trinajstić information content (AvgIpc) is 3.43. The number of hydrogen-bond donors (Lipinski definition) is 2. The molecule has 2 amide bonds. The Morgan fingerprint density at radius 2 is 1.90 bits per heavy atom. The quantitative estimate of drug-likeness (QED) is 0.400. The van der Waals surface area contributed by atoms with E-state index in [4.69, 9.17) is 16.0 Å². The maximum atomic E-state index is 12.7. The van der Waals surface area contributed by atoms with Crippen LogP contribution in [0.1, 0.15) is 25.8 Å². The molecule has 2 N–H and O–H groups in total. The van der Waals surface area contributed by atoms with Crippen LogP contribution in [-0.2, 0) is 0 Å². The van der Waals surface area contributed by atoms with Crippen LogP contribution in [0.2, 0.25) is 5.02 Å². The van der Waals surface area contributed by atoms with Gasteiger partial charge < -0.3 is 9.73 Å². The first-order valence-corrected chi connectivity index (χ1v) is 10.5. The minimum atomic E-state index is -0.365. The number of aromatic nitrogens is 1. The molecule has 4 aromatic rings. The molecule has 9 heteroatoms. The number of aryl methyl sites for hydroxylation is 1. The first-order chi connectivity index (χ1) is 14.0. The molecule has 0 aliphatic heterocycles. The summed E-state index contributed by atoms with van der Waals surface area (Å²) in [6, 6.07) is 12.3. The largest absolute Gasteiger partial charge is 0.459 e. The van der Waals surface area contributed by atoms with Crippen LogP contribution in [0.5, 0.6) is 0 Å². The van der Waals surface area contributed by atoms with Crippen LogP contribution in [0.3, 0.4) is 0 Å². The van der Waals surface area contributed by atoms with E-state index < -0.39 is 0 Å². The number of carbonyl (C=O) groups is 2. The molecule has 146 valence electrons. The molecule has 0 aliphatic carbocycles. The van der Waals surface area contributed by atoms with Crippen molar-refractivity contribution in [1.29, 1.82) is 0 Å². The second kappa shape index (κ2) is 8.20. The fraction of sp³-hybridized carbons (Fsp3) is 0.0500. The number of nitrogens with one attached hydrogen (secondary N) is 2. The van der Waals surface area contributed by atoms with Gasteiger partial charge in [-0.2, -0.15) is 0 Å². The normalized spacial score (nSPS) is 10.7. The Labute approximate surface area is 179 Å². The lowest BCUT2D eigenvalue weighted by Crippen LogP contribution is -2.11. The van der Waals surface area contributed by atoms with Crippen LogP contribution in [0.4, 0.5) is 10.1 Å². The Kier molecular flexibility index (Phi) is 5.48. The number of rotatable bonds is 5. The van der Waals surface area contributed by atoms with Gasteiger partial charge in [-0.1, -0.05) is 23.7 Å². The van der Waals surface area contributed by atoms with Gasteiger partial charge in [0, 0.05) is 16.0 Å². The monoisotopic (exact) mass is 443 g/mol. The van der Waals surface area contributed by atoms with Crippen molar-refractivity contribution in [1.82, 2.24) is 4.98 Å². The average molecular weight is 444 g/mol. The molecule has 0 fully saturated rings. The van der Waals surface area contributed by atoms with E-state index >= 15 is 0 Å². The molecule has 0 radical (unpaired) electrons. The van der Waals surface area contributed by atoms with Gasteiger partial charge in [0.15, 0.2) is 10.9 Å². The van der Waals surface area contributed by atoms with Gasteiger partial charge in [-0.05, 0) is 42.8 Å². The lowest BCUT2D eigenvalue weighted by Gasteiger charge is -2.01. The summed E-state index contributed by atoms with van der Waals surface area (Å²) in [4.78, 5) is 29.7. The molecule has 0 unspecified atom stereocenters. The first kappa shape index (κ1) is 19.4. The Bertz CT molecular complexity index is 1160. The van der Waals surface area contributed by atoms with E-state index in [2.05, 4.69) is 15.6 Å². The molecular formula is C20H14ClN3O3S2. The van der Waals surface area contributed by atoms with Gasteiger partial charge in [0.25, 0.3) is 11.8 Å². The molecule has 4 rings (SSSR count). The molecule has 3 aromatic heterocycles. The van der Waals surface area contributed by atoms with Crippen LogP contribution in [0.15, 0.2) is 58.5 Å². The summed E-state index contributed by atoms with van der Waals surface area (Å²) < 4.78 is 5.08. The molecule has 0 aliphatic rings. The number of furan rings is 1. The zero-order valence-corrected chi connectivity index (χ0v) is 17.5. The summed E-state index contributed by atoms with van der Waals surface area (Å²) in [6.07, 6.45) is 1.43. The van der Waals surface area contributed by atoms with Crippen molar-refractivity contribution in [2.75, 3.05) is 10.6 Å². The maximum absolute atomic E-state index is 12.7. The first-order valence-electron chi connectivity index (χ1n) is 8.48. The molecule has 29 heavy (non-hydrogen) atoms. The number of nitrogens with zero attached hydrogens (tertiary/aromatic N) is 1. The predicted octanol–water partition coefficient (Wildman–Crippen LogP) is 5.93. The number of thiazole rings is 1. The van der Waals surface area contributed by atoms with Crippen molar-refractivity contribution in [3.63, 3.8) is 0 Å². The summed E-state index contributed by atoms with van der Waals surface area (Å²) in [7, 11) is 0. The van der Waals surface area contributed by atoms with Crippen molar-refractivity contribution in [2.24, 2.45) is 0 Å². The van der Waals surface area contributed by atoms with Gasteiger partial charge in [-0.15, -0.1) is 22.7 Å². The summed E-state index contributed by atoms with van der Waals surface area (Å²) in [6.45, 7) is 1.81. The van der Waals surface area contributed by atoms with Crippen LogP contribution in [0.25, 0.3) is 11.3 Å². The fourth-order valence-electron chi connectivity index (χ4n) is 2.59. The fourth-order valence-corrected chi connectivity index (χ4v) is 4.39. The van der Waals surface area contributed by atoms with E-state index in [1.165, 1.54) is 28.9 Å². The van der Waals surface area contributed by atoms with E-state index in [9.17, 15) is 9.59 Å². The van der Waals surface area contributed by atoms with Crippen molar-refractivity contribution in [3.8, 4) is 11.3 Å². The number of amides is 2. The van der Waals surface area contributed by atoms with E-state index in [-0.39, 0.29) is 17.6 Å². The highest BCUT2D eigenvalue weighted by molar-refractivity contribution is 7.18. The van der Waals surface area contributed by atoms with Gasteiger partial charge in [0.1, 0.15) is 0 Å². The highest BCUT2D eigenvalue weighted by Crippen LogP contribution is 2.30. The summed E-state index contributed by atoms with van der Waals surface area (Å²) in [5, 5.41) is 9.14. The van der Waals surface area contributed by atoms with Crippen LogP contribution >= 0.6 is 34.3 Å². The molecule has 0 atom stereocenters. The van der Waals surface area contributed by atoms with Crippen molar-refractivity contribution >= 4 is 56.2 Å². The predicted molar refractivity (Wildman–Crippen MR) is 116 cm³/mol. The summed E-state index contributed by atoms with van der Waals surface area (Å²) in [5.74, 6) is -0.432. The zero-order chi connectivity index (χ0) is 20.4. The Hall–Kier alpha value is -2.94. The van der Waals surface area contributed by atoms with Crippen molar-refractivity contribution in [3.05, 3.63) is 75.3 Å². The number of benzene rings is 1. The van der Waals surface area contributed by atoms with Crippen LogP contribution in [0, 0.1) is 6.92 Å². The third-order valence-electron chi connectivity index (χ3n) is 3.97. The number of anilines is 2. The van der Waals surface area contributed by atoms with Gasteiger partial charge in [0.05, 0.1) is 21.8 Å². The number of hydrogen-bond acceptors (Lipinski definition) is 6. The lowest BCUT2D eigenvalue weighted by atomic mass is 10.2. The highest BCUT2D eigenvalue weighted by atomic mass is 35.5. The van der Waals surface area contributed by atoms with Crippen molar-refractivity contribution in [2.45, 2.75) is 6.92 Å². The third-order valence-corrected chi connectivity index (χ3v) is 6.13. The number of thiophene rings is 1. The number of halogens is 1. The van der Waals surface area contributed by atoms with E-state index in [0.29, 0.717) is 20.0 Å². The van der Waals surface area contributed by atoms with Crippen LogP contribution < -0.4 is 10.6 Å². The van der Waals surface area contributed by atoms with Crippen molar-refractivity contribution < 1.29 is 14.0 Å². The second-order valence-corrected chi connectivity index (χ2v) is 8.40. The summed E-state index contributed by atoms with van der Waals surface area (Å²) in [5.41, 5.74) is 2.44. The molecule has 0 bridgehead atoms. The minimum absolute atomic E-state index is 0.208. The molecule has 0 spiro atoms. The Morgan fingerprint density at radius 3 is 2.62 bits per heavy atom. The standard InChI is InChI=1S/C20H14ClN3O3S2/c1-11-9-16(23-18(25)15-3-2-8-27-15)29-17(11)19(26)24-20-22-14(10-28-20)12-4-6-13(21)7-5-12/h2-10H,1H3,(H,23,25)(H,22,24,26). The highest BCUT2D eigenvalue weighted by Gasteiger charge is 2.18. The molecule has 0 saturated heterocycles. The maximum Gasteiger partial charge on any atom is 0.291 e. The van der Waals surface area contributed by atoms with Crippen LogP contribution in [-0.4, -0.2) is 16.8 Å². The van der Waals surface area contributed by atoms with E-state index in [1.807, 2.05) is 24.4 Å². The zero-order valence-electron chi connectivity index (χ0n) is 15.1. The topological polar surface area (TPSA) is 84.2 Å². The van der Waals surface area contributed by atoms with E-state index in [0.717, 1.165) is 16.8 Å². The van der Waals surface area contributed by atoms with Gasteiger partial charge >= 0.3 is 0 Å². The lowest BCUT2D eigenvalue weighted by molar-refractivity contribution is 0.0995. The number of carbonyl (C=O) groups excluding carboxylic acids is 2. The molecule has 1 aromatic carbocycles. The van der Waals surface area contributed by atoms with Gasteiger partial charge in [-0.25, -0.2) is 4.98 Å².